The number of methoxy groups -OCH3 is 1. The molecule has 0 unspecified atom stereocenters. The fraction of sp³-hybridized carbons (Fsp3) is 0.400. The summed E-state index contributed by atoms with van der Waals surface area (Å²) in [5, 5.41) is 4.81. The molecule has 0 aliphatic heterocycles. The minimum absolute atomic E-state index is 0.864. The first kappa shape index (κ1) is 17.3. The van der Waals surface area contributed by atoms with Gasteiger partial charge in [0, 0.05) is 30.4 Å². The first-order chi connectivity index (χ1) is 12.0. The summed E-state index contributed by atoms with van der Waals surface area (Å²) in [6.45, 7) is 12.4. The van der Waals surface area contributed by atoms with Crippen LogP contribution in [0.4, 0.5) is 5.82 Å². The highest BCUT2D eigenvalue weighted by Gasteiger charge is 2.19. The lowest BCUT2D eigenvalue weighted by Gasteiger charge is -2.22. The van der Waals surface area contributed by atoms with Gasteiger partial charge in [-0.2, -0.15) is 9.61 Å². The second-order valence-electron chi connectivity index (χ2n) is 6.30. The molecule has 0 atom stereocenters. The zero-order chi connectivity index (χ0) is 18.1. The van der Waals surface area contributed by atoms with Crippen LogP contribution in [-0.4, -0.2) is 34.8 Å². The Bertz CT molecular complexity index is 910. The van der Waals surface area contributed by atoms with Crippen LogP contribution in [0, 0.1) is 20.8 Å². The van der Waals surface area contributed by atoms with E-state index in [0.29, 0.717) is 0 Å². The summed E-state index contributed by atoms with van der Waals surface area (Å²) in [5.74, 6) is 1.95. The molecule has 3 aromatic rings. The van der Waals surface area contributed by atoms with Gasteiger partial charge in [0.15, 0.2) is 5.65 Å². The predicted octanol–water partition coefficient (Wildman–Crippen LogP) is 4.18. The Hall–Kier alpha value is -2.56. The van der Waals surface area contributed by atoms with Gasteiger partial charge in [-0.15, -0.1) is 0 Å². The summed E-state index contributed by atoms with van der Waals surface area (Å²) < 4.78 is 7.32. The number of fused-ring (bicyclic) bond motifs is 1. The molecule has 0 N–H and O–H groups in total. The van der Waals surface area contributed by atoms with Crippen molar-refractivity contribution in [1.29, 1.82) is 0 Å². The van der Waals surface area contributed by atoms with E-state index in [1.54, 1.807) is 7.11 Å². The van der Waals surface area contributed by atoms with Crippen LogP contribution in [0.2, 0.25) is 0 Å². The van der Waals surface area contributed by atoms with Crippen molar-refractivity contribution in [2.24, 2.45) is 0 Å². The second-order valence-corrected chi connectivity index (χ2v) is 6.30. The Morgan fingerprint density at radius 2 is 1.80 bits per heavy atom. The molecule has 0 saturated heterocycles. The monoisotopic (exact) mass is 338 g/mol. The van der Waals surface area contributed by atoms with Crippen molar-refractivity contribution in [3.8, 4) is 16.9 Å². The summed E-state index contributed by atoms with van der Waals surface area (Å²) in [5.41, 5.74) is 6.30. The van der Waals surface area contributed by atoms with Crippen molar-refractivity contribution in [2.75, 3.05) is 25.1 Å². The van der Waals surface area contributed by atoms with Crippen LogP contribution in [-0.2, 0) is 0 Å². The molecule has 0 aliphatic carbocycles. The summed E-state index contributed by atoms with van der Waals surface area (Å²) >= 11 is 0. The Morgan fingerprint density at radius 1 is 1.08 bits per heavy atom. The minimum Gasteiger partial charge on any atom is -0.497 e. The maximum atomic E-state index is 5.34. The summed E-state index contributed by atoms with van der Waals surface area (Å²) in [6, 6.07) is 8.25. The highest BCUT2D eigenvalue weighted by Crippen LogP contribution is 2.33. The van der Waals surface area contributed by atoms with E-state index in [4.69, 9.17) is 14.8 Å². The normalized spacial score (nSPS) is 11.1. The Kier molecular flexibility index (Phi) is 4.66. The third-order valence-corrected chi connectivity index (χ3v) is 4.66. The Labute approximate surface area is 149 Å². The Balaban J connectivity index is 2.29. The van der Waals surface area contributed by atoms with Gasteiger partial charge in [-0.25, -0.2) is 4.98 Å². The molecule has 0 saturated carbocycles. The van der Waals surface area contributed by atoms with Crippen LogP contribution < -0.4 is 9.64 Å². The van der Waals surface area contributed by atoms with E-state index < -0.39 is 0 Å². The van der Waals surface area contributed by atoms with Crippen molar-refractivity contribution in [1.82, 2.24) is 14.6 Å². The van der Waals surface area contributed by atoms with Gasteiger partial charge < -0.3 is 9.64 Å². The molecular weight excluding hydrogens is 312 g/mol. The van der Waals surface area contributed by atoms with Crippen LogP contribution >= 0.6 is 0 Å². The highest BCUT2D eigenvalue weighted by atomic mass is 16.5. The number of aryl methyl sites for hydroxylation is 3. The van der Waals surface area contributed by atoms with Crippen LogP contribution in [0.15, 0.2) is 24.3 Å². The molecule has 3 rings (SSSR count). The lowest BCUT2D eigenvalue weighted by Crippen LogP contribution is -2.25. The lowest BCUT2D eigenvalue weighted by atomic mass is 10.0. The maximum Gasteiger partial charge on any atom is 0.165 e. The molecular formula is C20H26N4O. The summed E-state index contributed by atoms with van der Waals surface area (Å²) in [4.78, 5) is 7.12. The van der Waals surface area contributed by atoms with Crippen molar-refractivity contribution < 1.29 is 4.74 Å². The van der Waals surface area contributed by atoms with E-state index in [0.717, 1.165) is 58.4 Å². The standard InChI is InChI=1S/C20H26N4O/c1-7-23(8-2)18-12-14(4)21-20-19(15(5)22-24(18)20)17-10-9-16(25-6)11-13(17)3/h9-12H,7-8H2,1-6H3. The number of hydrogen-bond donors (Lipinski definition) is 0. The number of hydrogen-bond acceptors (Lipinski definition) is 4. The van der Waals surface area contributed by atoms with Crippen LogP contribution in [0.3, 0.4) is 0 Å². The fourth-order valence-electron chi connectivity index (χ4n) is 3.36. The van der Waals surface area contributed by atoms with Crippen LogP contribution in [0.5, 0.6) is 5.75 Å². The van der Waals surface area contributed by atoms with Gasteiger partial charge in [-0.3, -0.25) is 0 Å². The smallest absolute Gasteiger partial charge is 0.165 e. The van der Waals surface area contributed by atoms with E-state index in [2.05, 4.69) is 50.8 Å². The van der Waals surface area contributed by atoms with Gasteiger partial charge in [0.25, 0.3) is 0 Å². The number of nitrogens with zero attached hydrogens (tertiary/aromatic N) is 4. The van der Waals surface area contributed by atoms with E-state index >= 15 is 0 Å². The molecule has 0 aliphatic rings. The minimum atomic E-state index is 0.864. The van der Waals surface area contributed by atoms with Gasteiger partial charge in [-0.05, 0) is 57.9 Å². The van der Waals surface area contributed by atoms with E-state index in [1.165, 1.54) is 0 Å². The molecule has 0 amide bonds. The Morgan fingerprint density at radius 3 is 2.40 bits per heavy atom. The van der Waals surface area contributed by atoms with Crippen molar-refractivity contribution in [2.45, 2.75) is 34.6 Å². The van der Waals surface area contributed by atoms with E-state index in [-0.39, 0.29) is 0 Å². The molecule has 0 spiro atoms. The average molecular weight is 338 g/mol. The van der Waals surface area contributed by atoms with Gasteiger partial charge >= 0.3 is 0 Å². The second kappa shape index (κ2) is 6.75. The van der Waals surface area contributed by atoms with Gasteiger partial charge in [0.05, 0.1) is 12.8 Å². The zero-order valence-electron chi connectivity index (χ0n) is 15.9. The van der Waals surface area contributed by atoms with Crippen LogP contribution in [0.1, 0.15) is 30.8 Å². The summed E-state index contributed by atoms with van der Waals surface area (Å²) in [6.07, 6.45) is 0. The van der Waals surface area contributed by atoms with E-state index in [9.17, 15) is 0 Å². The molecule has 2 aromatic heterocycles. The largest absolute Gasteiger partial charge is 0.497 e. The van der Waals surface area contributed by atoms with Gasteiger partial charge in [0.1, 0.15) is 11.6 Å². The number of rotatable bonds is 5. The lowest BCUT2D eigenvalue weighted by molar-refractivity contribution is 0.414. The molecule has 5 heteroatoms. The average Bonchev–Trinajstić information content (AvgIpc) is 2.91. The van der Waals surface area contributed by atoms with Crippen LogP contribution in [0.25, 0.3) is 16.8 Å². The summed E-state index contributed by atoms with van der Waals surface area (Å²) in [7, 11) is 1.69. The molecule has 0 bridgehead atoms. The molecule has 0 fully saturated rings. The van der Waals surface area contributed by atoms with Crippen molar-refractivity contribution >= 4 is 11.5 Å². The highest BCUT2D eigenvalue weighted by molar-refractivity contribution is 5.83. The van der Waals surface area contributed by atoms with E-state index in [1.807, 2.05) is 17.5 Å². The quantitative estimate of drug-likeness (QED) is 0.700. The third kappa shape index (κ3) is 2.95. The number of anilines is 1. The number of aromatic nitrogens is 3. The van der Waals surface area contributed by atoms with Gasteiger partial charge in [0.2, 0.25) is 0 Å². The molecule has 25 heavy (non-hydrogen) atoms. The van der Waals surface area contributed by atoms with Crippen molar-refractivity contribution in [3.63, 3.8) is 0 Å². The SMILES string of the molecule is CCN(CC)c1cc(C)nc2c(-c3ccc(OC)cc3C)c(C)nn12. The maximum absolute atomic E-state index is 5.34. The third-order valence-electron chi connectivity index (χ3n) is 4.66. The number of benzene rings is 1. The molecule has 5 nitrogen and oxygen atoms in total. The molecule has 2 heterocycles. The fourth-order valence-corrected chi connectivity index (χ4v) is 3.36. The first-order valence-electron chi connectivity index (χ1n) is 8.77. The van der Waals surface area contributed by atoms with Crippen molar-refractivity contribution in [3.05, 3.63) is 41.2 Å². The zero-order valence-corrected chi connectivity index (χ0v) is 15.9. The first-order valence-corrected chi connectivity index (χ1v) is 8.77. The predicted molar refractivity (Wildman–Crippen MR) is 103 cm³/mol. The number of ether oxygens (including phenoxy) is 1. The molecule has 132 valence electrons. The topological polar surface area (TPSA) is 42.7 Å². The molecule has 1 aromatic carbocycles. The van der Waals surface area contributed by atoms with Gasteiger partial charge in [-0.1, -0.05) is 6.07 Å². The molecule has 0 radical (unpaired) electrons.